The van der Waals surface area contributed by atoms with Crippen LogP contribution in [0, 0.1) is 6.92 Å². The molecular formula is C17H21N3S. The topological polar surface area (TPSA) is 51.8 Å². The number of hydrogen-bond donors (Lipinski definition) is 1. The molecule has 1 aromatic heterocycles. The molecule has 21 heavy (non-hydrogen) atoms. The van der Waals surface area contributed by atoms with E-state index in [4.69, 9.17) is 10.7 Å². The van der Waals surface area contributed by atoms with Gasteiger partial charge in [0, 0.05) is 22.6 Å². The summed E-state index contributed by atoms with van der Waals surface area (Å²) in [7, 11) is 0. The number of hydrogen-bond acceptors (Lipinski definition) is 4. The van der Waals surface area contributed by atoms with E-state index < -0.39 is 0 Å². The van der Waals surface area contributed by atoms with Gasteiger partial charge in [-0.1, -0.05) is 30.5 Å². The lowest BCUT2D eigenvalue weighted by molar-refractivity contribution is 0.689. The lowest BCUT2D eigenvalue weighted by Gasteiger charge is -2.11. The summed E-state index contributed by atoms with van der Waals surface area (Å²) in [6.45, 7) is 2.10. The van der Waals surface area contributed by atoms with E-state index in [1.165, 1.54) is 36.1 Å². The molecule has 1 aromatic carbocycles. The van der Waals surface area contributed by atoms with Crippen molar-refractivity contribution in [1.29, 1.82) is 0 Å². The number of rotatable bonds is 4. The molecule has 110 valence electrons. The number of anilines is 1. The first-order chi connectivity index (χ1) is 10.2. The Bertz CT molecular complexity index is 604. The average molecular weight is 299 g/mol. The molecule has 4 heteroatoms. The predicted molar refractivity (Wildman–Crippen MR) is 88.4 cm³/mol. The van der Waals surface area contributed by atoms with Crippen LogP contribution in [-0.2, 0) is 5.75 Å². The zero-order chi connectivity index (χ0) is 14.7. The number of benzene rings is 1. The van der Waals surface area contributed by atoms with Crippen molar-refractivity contribution >= 4 is 17.6 Å². The van der Waals surface area contributed by atoms with Crippen LogP contribution in [-0.4, -0.2) is 9.97 Å². The molecule has 3 nitrogen and oxygen atoms in total. The van der Waals surface area contributed by atoms with Crippen LogP contribution in [0.2, 0.25) is 0 Å². The summed E-state index contributed by atoms with van der Waals surface area (Å²) in [6.07, 6.45) is 5.09. The second-order valence-corrected chi connectivity index (χ2v) is 6.77. The molecular weight excluding hydrogens is 278 g/mol. The molecule has 3 rings (SSSR count). The van der Waals surface area contributed by atoms with Crippen molar-refractivity contribution in [2.45, 2.75) is 49.2 Å². The zero-order valence-electron chi connectivity index (χ0n) is 12.4. The summed E-state index contributed by atoms with van der Waals surface area (Å²) < 4.78 is 0. The molecule has 1 heterocycles. The van der Waals surface area contributed by atoms with E-state index in [1.807, 2.05) is 6.07 Å². The molecule has 1 fully saturated rings. The van der Waals surface area contributed by atoms with E-state index in [1.54, 1.807) is 11.8 Å². The monoisotopic (exact) mass is 299 g/mol. The minimum atomic E-state index is 0.582. The molecule has 0 radical (unpaired) electrons. The fourth-order valence-corrected chi connectivity index (χ4v) is 3.57. The van der Waals surface area contributed by atoms with Crippen LogP contribution < -0.4 is 5.73 Å². The molecule has 0 unspecified atom stereocenters. The lowest BCUT2D eigenvalue weighted by Crippen LogP contribution is -2.05. The van der Waals surface area contributed by atoms with Crippen LogP contribution in [0.15, 0.2) is 35.2 Å². The molecule has 0 atom stereocenters. The smallest absolute Gasteiger partial charge is 0.141 e. The second-order valence-electron chi connectivity index (χ2n) is 5.72. The molecule has 0 spiro atoms. The van der Waals surface area contributed by atoms with Crippen LogP contribution >= 0.6 is 11.8 Å². The van der Waals surface area contributed by atoms with E-state index in [0.717, 1.165) is 17.3 Å². The van der Waals surface area contributed by atoms with Gasteiger partial charge in [0.1, 0.15) is 11.6 Å². The third kappa shape index (κ3) is 3.76. The van der Waals surface area contributed by atoms with Gasteiger partial charge in [0.05, 0.1) is 5.75 Å². The minimum absolute atomic E-state index is 0.582. The molecule has 0 bridgehead atoms. The highest BCUT2D eigenvalue weighted by molar-refractivity contribution is 7.98. The van der Waals surface area contributed by atoms with Crippen molar-refractivity contribution in [3.05, 3.63) is 47.4 Å². The molecule has 1 aliphatic carbocycles. The van der Waals surface area contributed by atoms with E-state index in [-0.39, 0.29) is 0 Å². The molecule has 1 aliphatic rings. The third-order valence-electron chi connectivity index (χ3n) is 3.97. The van der Waals surface area contributed by atoms with Gasteiger partial charge in [-0.15, -0.1) is 11.8 Å². The van der Waals surface area contributed by atoms with Crippen molar-refractivity contribution in [2.75, 3.05) is 5.73 Å². The van der Waals surface area contributed by atoms with Crippen molar-refractivity contribution in [3.8, 4) is 0 Å². The quantitative estimate of drug-likeness (QED) is 0.854. The summed E-state index contributed by atoms with van der Waals surface area (Å²) >= 11 is 1.76. The number of thioether (sulfide) groups is 1. The van der Waals surface area contributed by atoms with Crippen LogP contribution in [0.3, 0.4) is 0 Å². The van der Waals surface area contributed by atoms with Crippen LogP contribution in [0.5, 0.6) is 0 Å². The van der Waals surface area contributed by atoms with E-state index >= 15 is 0 Å². The Morgan fingerprint density at radius 3 is 2.57 bits per heavy atom. The van der Waals surface area contributed by atoms with Gasteiger partial charge in [-0.05, 0) is 31.9 Å². The van der Waals surface area contributed by atoms with E-state index in [9.17, 15) is 0 Å². The van der Waals surface area contributed by atoms with Crippen LogP contribution in [0.25, 0.3) is 0 Å². The van der Waals surface area contributed by atoms with Crippen molar-refractivity contribution in [3.63, 3.8) is 0 Å². The summed E-state index contributed by atoms with van der Waals surface area (Å²) in [5.41, 5.74) is 8.37. The molecule has 2 aromatic rings. The summed E-state index contributed by atoms with van der Waals surface area (Å²) in [4.78, 5) is 10.4. The Labute approximate surface area is 130 Å². The van der Waals surface area contributed by atoms with Crippen LogP contribution in [0.4, 0.5) is 5.82 Å². The highest BCUT2D eigenvalue weighted by Crippen LogP contribution is 2.33. The predicted octanol–water partition coefficient (Wildman–Crippen LogP) is 4.32. The summed E-state index contributed by atoms with van der Waals surface area (Å²) in [5.74, 6) is 2.81. The Kier molecular flexibility index (Phi) is 4.44. The largest absolute Gasteiger partial charge is 0.384 e. The zero-order valence-corrected chi connectivity index (χ0v) is 13.2. The maximum absolute atomic E-state index is 5.96. The summed E-state index contributed by atoms with van der Waals surface area (Å²) in [5, 5.41) is 0. The Morgan fingerprint density at radius 2 is 1.86 bits per heavy atom. The fraction of sp³-hybridized carbons (Fsp3) is 0.412. The first-order valence-corrected chi connectivity index (χ1v) is 8.52. The van der Waals surface area contributed by atoms with Crippen LogP contribution in [0.1, 0.15) is 48.7 Å². The van der Waals surface area contributed by atoms with Crippen molar-refractivity contribution in [1.82, 2.24) is 9.97 Å². The molecule has 0 amide bonds. The number of nitrogens with two attached hydrogens (primary N) is 1. The van der Waals surface area contributed by atoms with Gasteiger partial charge in [-0.3, -0.25) is 0 Å². The van der Waals surface area contributed by atoms with Crippen molar-refractivity contribution < 1.29 is 0 Å². The second kappa shape index (κ2) is 6.48. The number of aryl methyl sites for hydroxylation is 1. The van der Waals surface area contributed by atoms with Gasteiger partial charge in [0.15, 0.2) is 0 Å². The van der Waals surface area contributed by atoms with Gasteiger partial charge < -0.3 is 5.73 Å². The van der Waals surface area contributed by atoms with Crippen molar-refractivity contribution in [2.24, 2.45) is 0 Å². The van der Waals surface area contributed by atoms with E-state index in [2.05, 4.69) is 36.2 Å². The first-order valence-electron chi connectivity index (χ1n) is 7.53. The normalized spacial score (nSPS) is 15.5. The maximum atomic E-state index is 5.96. The third-order valence-corrected chi connectivity index (χ3v) is 4.98. The van der Waals surface area contributed by atoms with Gasteiger partial charge in [-0.2, -0.15) is 0 Å². The maximum Gasteiger partial charge on any atom is 0.141 e. The number of nitrogens with zero attached hydrogens (tertiary/aromatic N) is 2. The van der Waals surface area contributed by atoms with E-state index in [0.29, 0.717) is 11.7 Å². The molecule has 0 aliphatic heterocycles. The SMILES string of the molecule is Cc1ccc(SCc2nc(N)cc(C3CCCC3)n2)cc1. The van der Waals surface area contributed by atoms with Gasteiger partial charge in [-0.25, -0.2) is 9.97 Å². The highest BCUT2D eigenvalue weighted by Gasteiger charge is 2.19. The molecule has 1 saturated carbocycles. The Morgan fingerprint density at radius 1 is 1.14 bits per heavy atom. The van der Waals surface area contributed by atoms with Gasteiger partial charge in [0.25, 0.3) is 0 Å². The summed E-state index contributed by atoms with van der Waals surface area (Å²) in [6, 6.07) is 10.5. The minimum Gasteiger partial charge on any atom is -0.384 e. The van der Waals surface area contributed by atoms with Gasteiger partial charge in [0.2, 0.25) is 0 Å². The first kappa shape index (κ1) is 14.4. The standard InChI is InChI=1S/C17H21N3S/c1-12-6-8-14(9-7-12)21-11-17-19-15(10-16(18)20-17)13-4-2-3-5-13/h6-10,13H,2-5,11H2,1H3,(H2,18,19,20). The number of nitrogen functional groups attached to an aromatic ring is 1. The number of aromatic nitrogens is 2. The fourth-order valence-electron chi connectivity index (χ4n) is 2.82. The average Bonchev–Trinajstić information content (AvgIpc) is 3.00. The highest BCUT2D eigenvalue weighted by atomic mass is 32.2. The lowest BCUT2D eigenvalue weighted by atomic mass is 10.0. The molecule has 2 N–H and O–H groups in total. The Balaban J connectivity index is 1.71. The molecule has 0 saturated heterocycles. The Hall–Kier alpha value is -1.55. The van der Waals surface area contributed by atoms with Gasteiger partial charge >= 0.3 is 0 Å².